The lowest BCUT2D eigenvalue weighted by molar-refractivity contribution is -0.121. The molecule has 31 heavy (non-hydrogen) atoms. The van der Waals surface area contributed by atoms with Crippen molar-refractivity contribution in [2.24, 2.45) is 0 Å². The van der Waals surface area contributed by atoms with Crippen molar-refractivity contribution >= 4 is 16.8 Å². The summed E-state index contributed by atoms with van der Waals surface area (Å²) in [6.07, 6.45) is 3.41. The molecule has 0 aliphatic carbocycles. The molecule has 0 bridgehead atoms. The first kappa shape index (κ1) is 20.5. The highest BCUT2D eigenvalue weighted by atomic mass is 16.5. The van der Waals surface area contributed by atoms with Crippen molar-refractivity contribution in [1.29, 1.82) is 0 Å². The number of hydrogen-bond donors (Lipinski definition) is 2. The number of fused-ring (bicyclic) bond motifs is 1. The van der Waals surface area contributed by atoms with E-state index in [4.69, 9.17) is 14.0 Å². The van der Waals surface area contributed by atoms with E-state index in [1.54, 1.807) is 26.4 Å². The zero-order valence-corrected chi connectivity index (χ0v) is 17.5. The van der Waals surface area contributed by atoms with Crippen LogP contribution in [0.4, 0.5) is 0 Å². The maximum atomic E-state index is 12.2. The molecule has 0 fully saturated rings. The van der Waals surface area contributed by atoms with Gasteiger partial charge in [-0.2, -0.15) is 4.98 Å². The highest BCUT2D eigenvalue weighted by Gasteiger charge is 2.13. The minimum Gasteiger partial charge on any atom is -0.493 e. The number of rotatable bonds is 9. The number of nitrogens with one attached hydrogen (secondary N) is 2. The number of aromatic amines is 1. The average Bonchev–Trinajstić information content (AvgIpc) is 3.45. The molecule has 8 nitrogen and oxygen atoms in total. The highest BCUT2D eigenvalue weighted by Crippen LogP contribution is 2.31. The van der Waals surface area contributed by atoms with Gasteiger partial charge >= 0.3 is 0 Å². The van der Waals surface area contributed by atoms with Crippen LogP contribution in [0.1, 0.15) is 17.9 Å². The Bertz CT molecular complexity index is 1180. The van der Waals surface area contributed by atoms with Gasteiger partial charge in [-0.15, -0.1) is 0 Å². The second kappa shape index (κ2) is 9.34. The normalized spacial score (nSPS) is 10.9. The first-order valence-electron chi connectivity index (χ1n) is 10.0. The second-order valence-corrected chi connectivity index (χ2v) is 7.04. The summed E-state index contributed by atoms with van der Waals surface area (Å²) in [4.78, 5) is 19.8. The number of aromatic nitrogens is 3. The number of ether oxygens (including phenoxy) is 2. The zero-order valence-electron chi connectivity index (χ0n) is 17.5. The predicted octanol–water partition coefficient (Wildman–Crippen LogP) is 3.53. The van der Waals surface area contributed by atoms with Crippen LogP contribution < -0.4 is 14.8 Å². The third-order valence-corrected chi connectivity index (χ3v) is 5.07. The number of benzene rings is 2. The largest absolute Gasteiger partial charge is 0.493 e. The van der Waals surface area contributed by atoms with E-state index in [1.807, 2.05) is 30.5 Å². The van der Waals surface area contributed by atoms with Gasteiger partial charge in [-0.1, -0.05) is 23.4 Å². The van der Waals surface area contributed by atoms with Gasteiger partial charge in [0.1, 0.15) is 0 Å². The summed E-state index contributed by atoms with van der Waals surface area (Å²) in [6.45, 7) is 0.571. The molecule has 0 aliphatic rings. The van der Waals surface area contributed by atoms with Gasteiger partial charge in [0.2, 0.25) is 17.6 Å². The molecule has 0 atom stereocenters. The summed E-state index contributed by atoms with van der Waals surface area (Å²) in [5.41, 5.74) is 3.04. The van der Waals surface area contributed by atoms with Crippen LogP contribution >= 0.6 is 0 Å². The molecular formula is C23H24N4O4. The third-order valence-electron chi connectivity index (χ3n) is 5.07. The van der Waals surface area contributed by atoms with Crippen molar-refractivity contribution in [3.8, 4) is 22.9 Å². The fraction of sp³-hybridized carbons (Fsp3) is 0.261. The van der Waals surface area contributed by atoms with Gasteiger partial charge in [-0.3, -0.25) is 4.79 Å². The van der Waals surface area contributed by atoms with Crippen LogP contribution in [0.3, 0.4) is 0 Å². The molecule has 2 aromatic heterocycles. The zero-order chi connectivity index (χ0) is 21.6. The van der Waals surface area contributed by atoms with Crippen LogP contribution in [-0.4, -0.2) is 41.8 Å². The van der Waals surface area contributed by atoms with E-state index in [0.29, 0.717) is 36.2 Å². The molecule has 0 spiro atoms. The Morgan fingerprint density at radius 1 is 1.10 bits per heavy atom. The first-order valence-corrected chi connectivity index (χ1v) is 10.0. The minimum absolute atomic E-state index is 0.0503. The molecule has 0 saturated heterocycles. The van der Waals surface area contributed by atoms with Crippen molar-refractivity contribution < 1.29 is 18.8 Å². The number of carbonyl (C=O) groups excluding carboxylic acids is 1. The summed E-state index contributed by atoms with van der Waals surface area (Å²) in [6, 6.07) is 13.5. The highest BCUT2D eigenvalue weighted by molar-refractivity contribution is 5.83. The summed E-state index contributed by atoms with van der Waals surface area (Å²) < 4.78 is 15.8. The number of H-pyrrole nitrogens is 1. The molecule has 4 aromatic rings. The SMILES string of the molecule is COc1ccc(-c2noc(CCC(=O)NCCc3c[nH]c4ccccc34)n2)cc1OC. The van der Waals surface area contributed by atoms with E-state index in [1.165, 1.54) is 10.9 Å². The lowest BCUT2D eigenvalue weighted by Crippen LogP contribution is -2.25. The Kier molecular flexibility index (Phi) is 6.16. The molecule has 0 radical (unpaired) electrons. The smallest absolute Gasteiger partial charge is 0.227 e. The van der Waals surface area contributed by atoms with Gasteiger partial charge < -0.3 is 24.3 Å². The van der Waals surface area contributed by atoms with Gasteiger partial charge in [0.05, 0.1) is 14.2 Å². The number of para-hydroxylation sites is 1. The van der Waals surface area contributed by atoms with E-state index in [0.717, 1.165) is 17.5 Å². The molecule has 0 unspecified atom stereocenters. The van der Waals surface area contributed by atoms with Crippen LogP contribution in [-0.2, 0) is 17.6 Å². The lowest BCUT2D eigenvalue weighted by atomic mass is 10.1. The molecule has 160 valence electrons. The van der Waals surface area contributed by atoms with Gasteiger partial charge in [-0.25, -0.2) is 0 Å². The van der Waals surface area contributed by atoms with Gasteiger partial charge in [0, 0.05) is 42.0 Å². The van der Waals surface area contributed by atoms with Crippen molar-refractivity contribution in [2.45, 2.75) is 19.3 Å². The summed E-state index contributed by atoms with van der Waals surface area (Å²) in [7, 11) is 3.15. The summed E-state index contributed by atoms with van der Waals surface area (Å²) in [5.74, 6) is 2.01. The number of carbonyl (C=O) groups is 1. The van der Waals surface area contributed by atoms with E-state index >= 15 is 0 Å². The molecule has 2 heterocycles. The molecule has 2 aromatic carbocycles. The number of methoxy groups -OCH3 is 2. The first-order chi connectivity index (χ1) is 15.2. The molecular weight excluding hydrogens is 396 g/mol. The Morgan fingerprint density at radius 2 is 1.94 bits per heavy atom. The maximum absolute atomic E-state index is 12.2. The number of hydrogen-bond acceptors (Lipinski definition) is 6. The summed E-state index contributed by atoms with van der Waals surface area (Å²) >= 11 is 0. The Hall–Kier alpha value is -3.81. The fourth-order valence-corrected chi connectivity index (χ4v) is 3.43. The lowest BCUT2D eigenvalue weighted by Gasteiger charge is -2.07. The van der Waals surface area contributed by atoms with Crippen molar-refractivity contribution in [2.75, 3.05) is 20.8 Å². The van der Waals surface area contributed by atoms with Crippen molar-refractivity contribution in [3.63, 3.8) is 0 Å². The van der Waals surface area contributed by atoms with Gasteiger partial charge in [0.15, 0.2) is 11.5 Å². The van der Waals surface area contributed by atoms with Gasteiger partial charge in [0.25, 0.3) is 0 Å². The van der Waals surface area contributed by atoms with Crippen molar-refractivity contribution in [1.82, 2.24) is 20.4 Å². The van der Waals surface area contributed by atoms with E-state index in [2.05, 4.69) is 26.5 Å². The van der Waals surface area contributed by atoms with E-state index < -0.39 is 0 Å². The Morgan fingerprint density at radius 3 is 2.77 bits per heavy atom. The molecule has 0 aliphatic heterocycles. The Labute approximate surface area is 179 Å². The second-order valence-electron chi connectivity index (χ2n) is 7.04. The minimum atomic E-state index is -0.0503. The fourth-order valence-electron chi connectivity index (χ4n) is 3.43. The van der Waals surface area contributed by atoms with E-state index in [9.17, 15) is 4.79 Å². The molecule has 2 N–H and O–H groups in total. The topological polar surface area (TPSA) is 102 Å². The van der Waals surface area contributed by atoms with Gasteiger partial charge in [-0.05, 0) is 36.2 Å². The molecule has 8 heteroatoms. The van der Waals surface area contributed by atoms with Crippen LogP contribution in [0.2, 0.25) is 0 Å². The molecule has 1 amide bonds. The van der Waals surface area contributed by atoms with E-state index in [-0.39, 0.29) is 12.3 Å². The third kappa shape index (κ3) is 4.69. The number of nitrogens with zero attached hydrogens (tertiary/aromatic N) is 2. The van der Waals surface area contributed by atoms with Crippen LogP contribution in [0.25, 0.3) is 22.3 Å². The number of amides is 1. The Balaban J connectivity index is 1.28. The number of aryl methyl sites for hydroxylation is 1. The van der Waals surface area contributed by atoms with Crippen LogP contribution in [0.5, 0.6) is 11.5 Å². The predicted molar refractivity (Wildman–Crippen MR) is 116 cm³/mol. The van der Waals surface area contributed by atoms with Crippen LogP contribution in [0, 0.1) is 0 Å². The quantitative estimate of drug-likeness (QED) is 0.429. The van der Waals surface area contributed by atoms with Crippen molar-refractivity contribution in [3.05, 3.63) is 60.1 Å². The standard InChI is InChI=1S/C23H24N4O4/c1-29-19-8-7-15(13-20(19)30-2)23-26-22(31-27-23)10-9-21(28)24-12-11-16-14-25-18-6-4-3-5-17(16)18/h3-8,13-14,25H,9-12H2,1-2H3,(H,24,28). The molecule has 0 saturated carbocycles. The maximum Gasteiger partial charge on any atom is 0.227 e. The average molecular weight is 420 g/mol. The molecule has 4 rings (SSSR count). The van der Waals surface area contributed by atoms with Crippen LogP contribution in [0.15, 0.2) is 53.2 Å². The monoisotopic (exact) mass is 420 g/mol. The summed E-state index contributed by atoms with van der Waals surface area (Å²) in [5, 5.41) is 8.14.